The van der Waals surface area contributed by atoms with Crippen molar-refractivity contribution >= 4 is 0 Å². The molecule has 1 N–H and O–H groups in total. The van der Waals surface area contributed by atoms with Gasteiger partial charge in [0.2, 0.25) is 0 Å². The Bertz CT molecular complexity index is 368. The molecule has 108 valence electrons. The van der Waals surface area contributed by atoms with Crippen molar-refractivity contribution in [2.24, 2.45) is 0 Å². The number of ether oxygens (including phenoxy) is 1. The van der Waals surface area contributed by atoms with Crippen LogP contribution in [-0.2, 0) is 0 Å². The summed E-state index contributed by atoms with van der Waals surface area (Å²) in [6, 6.07) is 5.47. The largest absolute Gasteiger partial charge is 0.494 e. The fourth-order valence-corrected chi connectivity index (χ4v) is 2.24. The number of hydrogen-bond acceptors (Lipinski definition) is 2. The van der Waals surface area contributed by atoms with Crippen LogP contribution < -0.4 is 10.1 Å². The summed E-state index contributed by atoms with van der Waals surface area (Å²) in [6.07, 6.45) is 5.51. The SMILES string of the molecule is CCCCCC(NCCC)c1cccc(OC)c1F. The highest BCUT2D eigenvalue weighted by molar-refractivity contribution is 5.33. The van der Waals surface area contributed by atoms with Gasteiger partial charge in [-0.1, -0.05) is 45.2 Å². The van der Waals surface area contributed by atoms with E-state index in [0.717, 1.165) is 31.4 Å². The summed E-state index contributed by atoms with van der Waals surface area (Å²) in [5, 5.41) is 3.44. The molecule has 0 amide bonds. The summed E-state index contributed by atoms with van der Waals surface area (Å²) in [5.41, 5.74) is 0.726. The molecule has 0 aromatic heterocycles. The third-order valence-corrected chi connectivity index (χ3v) is 3.33. The van der Waals surface area contributed by atoms with E-state index in [1.807, 2.05) is 12.1 Å². The second kappa shape index (κ2) is 8.92. The first-order chi connectivity index (χ1) is 9.24. The zero-order valence-electron chi connectivity index (χ0n) is 12.3. The minimum atomic E-state index is -0.227. The van der Waals surface area contributed by atoms with Crippen molar-refractivity contribution in [1.29, 1.82) is 0 Å². The van der Waals surface area contributed by atoms with Crippen molar-refractivity contribution < 1.29 is 9.13 Å². The van der Waals surface area contributed by atoms with E-state index in [0.29, 0.717) is 5.75 Å². The lowest BCUT2D eigenvalue weighted by Crippen LogP contribution is -2.23. The zero-order valence-corrected chi connectivity index (χ0v) is 12.3. The van der Waals surface area contributed by atoms with E-state index in [1.165, 1.54) is 20.0 Å². The molecule has 19 heavy (non-hydrogen) atoms. The molecule has 0 radical (unpaired) electrons. The van der Waals surface area contributed by atoms with Crippen LogP contribution in [0.2, 0.25) is 0 Å². The molecule has 0 aliphatic carbocycles. The third-order valence-electron chi connectivity index (χ3n) is 3.33. The number of unbranched alkanes of at least 4 members (excludes halogenated alkanes) is 2. The minimum Gasteiger partial charge on any atom is -0.494 e. The zero-order chi connectivity index (χ0) is 14.1. The van der Waals surface area contributed by atoms with E-state index in [4.69, 9.17) is 4.74 Å². The minimum absolute atomic E-state index is 0.0848. The van der Waals surface area contributed by atoms with Crippen molar-refractivity contribution in [2.75, 3.05) is 13.7 Å². The number of benzene rings is 1. The number of rotatable bonds is 9. The van der Waals surface area contributed by atoms with Crippen molar-refractivity contribution in [3.05, 3.63) is 29.6 Å². The quantitative estimate of drug-likeness (QED) is 0.667. The number of halogens is 1. The van der Waals surface area contributed by atoms with Crippen LogP contribution in [0, 0.1) is 5.82 Å². The normalized spacial score (nSPS) is 12.4. The maximum absolute atomic E-state index is 14.3. The van der Waals surface area contributed by atoms with Gasteiger partial charge in [0.1, 0.15) is 0 Å². The Balaban J connectivity index is 2.82. The van der Waals surface area contributed by atoms with Gasteiger partial charge >= 0.3 is 0 Å². The molecule has 1 atom stereocenters. The summed E-state index contributed by atoms with van der Waals surface area (Å²) in [4.78, 5) is 0. The highest BCUT2D eigenvalue weighted by Crippen LogP contribution is 2.28. The highest BCUT2D eigenvalue weighted by atomic mass is 19.1. The maximum atomic E-state index is 14.3. The van der Waals surface area contributed by atoms with Gasteiger partial charge in [0.15, 0.2) is 11.6 Å². The van der Waals surface area contributed by atoms with Gasteiger partial charge < -0.3 is 10.1 Å². The molecular formula is C16H26FNO. The van der Waals surface area contributed by atoms with Gasteiger partial charge in [-0.2, -0.15) is 0 Å². The molecule has 1 aromatic rings. The predicted molar refractivity (Wildman–Crippen MR) is 78.1 cm³/mol. The lowest BCUT2D eigenvalue weighted by Gasteiger charge is -2.20. The predicted octanol–water partition coefficient (Wildman–Crippen LogP) is 4.46. The van der Waals surface area contributed by atoms with E-state index in [1.54, 1.807) is 6.07 Å². The monoisotopic (exact) mass is 267 g/mol. The fraction of sp³-hybridized carbons (Fsp3) is 0.625. The number of methoxy groups -OCH3 is 1. The molecule has 2 nitrogen and oxygen atoms in total. The molecule has 3 heteroatoms. The summed E-state index contributed by atoms with van der Waals surface area (Å²) >= 11 is 0. The second-order valence-corrected chi connectivity index (χ2v) is 4.87. The van der Waals surface area contributed by atoms with Gasteiger partial charge in [0.05, 0.1) is 7.11 Å². The molecule has 0 saturated carbocycles. The summed E-state index contributed by atoms with van der Waals surface area (Å²) < 4.78 is 19.4. The Morgan fingerprint density at radius 3 is 2.63 bits per heavy atom. The first kappa shape index (κ1) is 16.0. The lowest BCUT2D eigenvalue weighted by molar-refractivity contribution is 0.376. The van der Waals surface area contributed by atoms with Crippen molar-refractivity contribution in [1.82, 2.24) is 5.32 Å². The topological polar surface area (TPSA) is 21.3 Å². The Morgan fingerprint density at radius 1 is 1.21 bits per heavy atom. The molecule has 0 spiro atoms. The van der Waals surface area contributed by atoms with Crippen molar-refractivity contribution in [2.45, 2.75) is 52.0 Å². The van der Waals surface area contributed by atoms with Gasteiger partial charge in [0, 0.05) is 11.6 Å². The average Bonchev–Trinajstić information content (AvgIpc) is 2.43. The van der Waals surface area contributed by atoms with E-state index in [9.17, 15) is 4.39 Å². The van der Waals surface area contributed by atoms with Crippen LogP contribution in [0.1, 0.15) is 57.6 Å². The first-order valence-electron chi connectivity index (χ1n) is 7.30. The van der Waals surface area contributed by atoms with Gasteiger partial charge in [-0.05, 0) is 25.5 Å². The molecule has 0 fully saturated rings. The Hall–Kier alpha value is -1.09. The highest BCUT2D eigenvalue weighted by Gasteiger charge is 2.17. The van der Waals surface area contributed by atoms with E-state index in [2.05, 4.69) is 19.2 Å². The maximum Gasteiger partial charge on any atom is 0.169 e. The number of nitrogens with one attached hydrogen (secondary N) is 1. The van der Waals surface area contributed by atoms with Gasteiger partial charge in [-0.25, -0.2) is 4.39 Å². The van der Waals surface area contributed by atoms with E-state index < -0.39 is 0 Å². The molecule has 1 aromatic carbocycles. The first-order valence-corrected chi connectivity index (χ1v) is 7.30. The average molecular weight is 267 g/mol. The Kier molecular flexibility index (Phi) is 7.49. The van der Waals surface area contributed by atoms with Crippen LogP contribution in [0.3, 0.4) is 0 Å². The van der Waals surface area contributed by atoms with Crippen LogP contribution in [0.15, 0.2) is 18.2 Å². The van der Waals surface area contributed by atoms with Crippen LogP contribution >= 0.6 is 0 Å². The molecule has 1 rings (SSSR count). The standard InChI is InChI=1S/C16H26FNO/c1-4-6-7-10-14(18-12-5-2)13-9-8-11-15(19-3)16(13)17/h8-9,11,14,18H,4-7,10,12H2,1-3H3. The number of hydrogen-bond donors (Lipinski definition) is 1. The second-order valence-electron chi connectivity index (χ2n) is 4.87. The van der Waals surface area contributed by atoms with Gasteiger partial charge in [-0.15, -0.1) is 0 Å². The molecule has 0 heterocycles. The third kappa shape index (κ3) is 4.83. The molecule has 1 unspecified atom stereocenters. The Labute approximate surface area is 116 Å². The summed E-state index contributed by atoms with van der Waals surface area (Å²) in [5.74, 6) is 0.103. The van der Waals surface area contributed by atoms with E-state index in [-0.39, 0.29) is 11.9 Å². The smallest absolute Gasteiger partial charge is 0.169 e. The van der Waals surface area contributed by atoms with Crippen LogP contribution in [0.5, 0.6) is 5.75 Å². The molecule has 0 aliphatic heterocycles. The molecular weight excluding hydrogens is 241 g/mol. The fourth-order valence-electron chi connectivity index (χ4n) is 2.24. The van der Waals surface area contributed by atoms with Gasteiger partial charge in [0.25, 0.3) is 0 Å². The van der Waals surface area contributed by atoms with Crippen LogP contribution in [0.25, 0.3) is 0 Å². The van der Waals surface area contributed by atoms with Crippen LogP contribution in [0.4, 0.5) is 4.39 Å². The summed E-state index contributed by atoms with van der Waals surface area (Å²) in [6.45, 7) is 5.21. The van der Waals surface area contributed by atoms with Gasteiger partial charge in [-0.3, -0.25) is 0 Å². The lowest BCUT2D eigenvalue weighted by atomic mass is 9.99. The van der Waals surface area contributed by atoms with Crippen molar-refractivity contribution in [3.63, 3.8) is 0 Å². The summed E-state index contributed by atoms with van der Waals surface area (Å²) in [7, 11) is 1.51. The van der Waals surface area contributed by atoms with Crippen molar-refractivity contribution in [3.8, 4) is 5.75 Å². The Morgan fingerprint density at radius 2 is 2.00 bits per heavy atom. The molecule has 0 aliphatic rings. The molecule has 0 saturated heterocycles. The van der Waals surface area contributed by atoms with Crippen LogP contribution in [-0.4, -0.2) is 13.7 Å². The van der Waals surface area contributed by atoms with E-state index >= 15 is 0 Å². The molecule has 0 bridgehead atoms.